The van der Waals surface area contributed by atoms with E-state index in [9.17, 15) is 4.79 Å². The van der Waals surface area contributed by atoms with Crippen LogP contribution in [0.1, 0.15) is 22.3 Å². The van der Waals surface area contributed by atoms with E-state index in [1.165, 1.54) is 11.8 Å². The smallest absolute Gasteiger partial charge is 0.266 e. The molecule has 1 fully saturated rings. The van der Waals surface area contributed by atoms with Gasteiger partial charge in [0.25, 0.3) is 5.91 Å². The fourth-order valence-electron chi connectivity index (χ4n) is 3.87. The number of amides is 1. The van der Waals surface area contributed by atoms with Crippen molar-refractivity contribution in [2.24, 2.45) is 0 Å². The van der Waals surface area contributed by atoms with Crippen molar-refractivity contribution in [3.63, 3.8) is 0 Å². The van der Waals surface area contributed by atoms with E-state index in [0.717, 1.165) is 22.3 Å². The maximum Gasteiger partial charge on any atom is 0.266 e. The molecule has 37 heavy (non-hydrogen) atoms. The molecule has 1 aliphatic heterocycles. The van der Waals surface area contributed by atoms with Gasteiger partial charge < -0.3 is 9.47 Å². The molecule has 0 saturated carbocycles. The zero-order chi connectivity index (χ0) is 25.5. The zero-order valence-corrected chi connectivity index (χ0v) is 21.7. The van der Waals surface area contributed by atoms with Crippen LogP contribution in [0.15, 0.2) is 114 Å². The minimum Gasteiger partial charge on any atom is -0.485 e. The fourth-order valence-corrected chi connectivity index (χ4v) is 5.13. The molecule has 1 saturated heterocycles. The molecule has 4 nitrogen and oxygen atoms in total. The first-order valence-corrected chi connectivity index (χ1v) is 13.1. The Labute approximate surface area is 226 Å². The molecule has 0 aromatic heterocycles. The van der Waals surface area contributed by atoms with Gasteiger partial charge in [-0.3, -0.25) is 9.69 Å². The van der Waals surface area contributed by atoms with Crippen molar-refractivity contribution in [1.29, 1.82) is 0 Å². The molecular weight excluding hydrogens is 498 g/mol. The molecule has 0 atom stereocenters. The van der Waals surface area contributed by atoms with E-state index < -0.39 is 0 Å². The highest BCUT2D eigenvalue weighted by molar-refractivity contribution is 8.26. The lowest BCUT2D eigenvalue weighted by molar-refractivity contribution is -0.122. The molecule has 0 N–H and O–H groups in total. The van der Waals surface area contributed by atoms with Crippen LogP contribution in [-0.4, -0.2) is 15.1 Å². The summed E-state index contributed by atoms with van der Waals surface area (Å²) in [5.41, 5.74) is 4.01. The molecule has 0 aliphatic carbocycles. The summed E-state index contributed by atoms with van der Waals surface area (Å²) in [6.45, 7) is 1.30. The Morgan fingerprint density at radius 1 is 0.703 bits per heavy atom. The van der Waals surface area contributed by atoms with Gasteiger partial charge in [-0.2, -0.15) is 0 Å². The average molecular weight is 524 g/mol. The highest BCUT2D eigenvalue weighted by atomic mass is 32.2. The summed E-state index contributed by atoms with van der Waals surface area (Å²) in [6, 6.07) is 35.6. The molecule has 0 radical (unpaired) electrons. The summed E-state index contributed by atoms with van der Waals surface area (Å²) in [4.78, 5) is 15.4. The highest BCUT2D eigenvalue weighted by Crippen LogP contribution is 2.36. The number of ether oxygens (including phenoxy) is 2. The molecule has 4 aromatic carbocycles. The van der Waals surface area contributed by atoms with E-state index in [4.69, 9.17) is 21.7 Å². The van der Waals surface area contributed by atoms with Crippen LogP contribution in [-0.2, 0) is 24.6 Å². The predicted octanol–water partition coefficient (Wildman–Crippen LogP) is 7.25. The number of carbonyl (C=O) groups excluding carboxylic acids is 1. The number of thioether (sulfide) groups is 1. The third-order valence-corrected chi connectivity index (χ3v) is 7.17. The van der Waals surface area contributed by atoms with Gasteiger partial charge in [-0.05, 0) is 40.5 Å². The SMILES string of the molecule is O=C1/C(=C\c2ccc(OCc3ccccc3)c(OCc3ccccc3)c2)SC(=S)N1Cc1ccccc1. The minimum atomic E-state index is -0.0880. The highest BCUT2D eigenvalue weighted by Gasteiger charge is 2.32. The number of hydrogen-bond donors (Lipinski definition) is 0. The maximum atomic E-state index is 13.1. The number of rotatable bonds is 9. The first kappa shape index (κ1) is 24.8. The second kappa shape index (κ2) is 11.9. The van der Waals surface area contributed by atoms with Crippen molar-refractivity contribution in [2.75, 3.05) is 0 Å². The van der Waals surface area contributed by atoms with Crippen LogP contribution in [0.5, 0.6) is 11.5 Å². The fraction of sp³-hybridized carbons (Fsp3) is 0.0968. The Kier molecular flexibility index (Phi) is 7.99. The topological polar surface area (TPSA) is 38.8 Å². The molecule has 1 heterocycles. The molecule has 1 amide bonds. The third-order valence-electron chi connectivity index (χ3n) is 5.80. The van der Waals surface area contributed by atoms with Gasteiger partial charge in [-0.25, -0.2) is 0 Å². The summed E-state index contributed by atoms with van der Waals surface area (Å²) >= 11 is 6.84. The average Bonchev–Trinajstić information content (AvgIpc) is 3.20. The van der Waals surface area contributed by atoms with Gasteiger partial charge in [0.15, 0.2) is 11.5 Å². The number of hydrogen-bond acceptors (Lipinski definition) is 5. The predicted molar refractivity (Wildman–Crippen MR) is 153 cm³/mol. The minimum absolute atomic E-state index is 0.0880. The molecular formula is C31H25NO3S2. The molecule has 4 aromatic rings. The normalized spacial score (nSPS) is 14.3. The van der Waals surface area contributed by atoms with Crippen LogP contribution in [0, 0.1) is 0 Å². The van der Waals surface area contributed by atoms with Gasteiger partial charge in [0.2, 0.25) is 0 Å². The van der Waals surface area contributed by atoms with Gasteiger partial charge in [0.1, 0.15) is 17.5 Å². The second-order valence-electron chi connectivity index (χ2n) is 8.51. The van der Waals surface area contributed by atoms with Crippen molar-refractivity contribution in [3.05, 3.63) is 136 Å². The molecule has 0 bridgehead atoms. The van der Waals surface area contributed by atoms with Crippen molar-refractivity contribution in [3.8, 4) is 11.5 Å². The first-order valence-electron chi connectivity index (χ1n) is 11.9. The van der Waals surface area contributed by atoms with Crippen molar-refractivity contribution >= 4 is 40.3 Å². The Hall–Kier alpha value is -3.87. The molecule has 0 spiro atoms. The number of benzene rings is 4. The van der Waals surface area contributed by atoms with Gasteiger partial charge in [-0.1, -0.05) is 121 Å². The van der Waals surface area contributed by atoms with E-state index in [1.54, 1.807) is 4.90 Å². The van der Waals surface area contributed by atoms with E-state index >= 15 is 0 Å². The maximum absolute atomic E-state index is 13.1. The monoisotopic (exact) mass is 523 g/mol. The second-order valence-corrected chi connectivity index (χ2v) is 10.2. The van der Waals surface area contributed by atoms with Gasteiger partial charge in [0, 0.05) is 0 Å². The molecule has 184 valence electrons. The van der Waals surface area contributed by atoms with Crippen LogP contribution in [0.25, 0.3) is 6.08 Å². The quantitative estimate of drug-likeness (QED) is 0.171. The number of carbonyl (C=O) groups is 1. The van der Waals surface area contributed by atoms with E-state index in [2.05, 4.69) is 0 Å². The molecule has 0 unspecified atom stereocenters. The molecule has 6 heteroatoms. The summed E-state index contributed by atoms with van der Waals surface area (Å²) < 4.78 is 12.9. The lowest BCUT2D eigenvalue weighted by Crippen LogP contribution is -2.27. The summed E-state index contributed by atoms with van der Waals surface area (Å²) in [5.74, 6) is 1.18. The van der Waals surface area contributed by atoms with Gasteiger partial charge in [0.05, 0.1) is 11.4 Å². The largest absolute Gasteiger partial charge is 0.485 e. The van der Waals surface area contributed by atoms with Gasteiger partial charge >= 0.3 is 0 Å². The van der Waals surface area contributed by atoms with Crippen LogP contribution in [0.3, 0.4) is 0 Å². The van der Waals surface area contributed by atoms with Crippen LogP contribution in [0.2, 0.25) is 0 Å². The number of nitrogens with zero attached hydrogens (tertiary/aromatic N) is 1. The zero-order valence-electron chi connectivity index (χ0n) is 20.1. The van der Waals surface area contributed by atoms with E-state index in [0.29, 0.717) is 40.5 Å². The lowest BCUT2D eigenvalue weighted by Gasteiger charge is -2.14. The Morgan fingerprint density at radius 3 is 1.84 bits per heavy atom. The van der Waals surface area contributed by atoms with E-state index in [1.807, 2.05) is 115 Å². The summed E-state index contributed by atoms with van der Waals surface area (Å²) in [5, 5.41) is 0. The van der Waals surface area contributed by atoms with Crippen molar-refractivity contribution in [2.45, 2.75) is 19.8 Å². The summed E-state index contributed by atoms with van der Waals surface area (Å²) in [7, 11) is 0. The third kappa shape index (κ3) is 6.47. The van der Waals surface area contributed by atoms with Crippen LogP contribution >= 0.6 is 24.0 Å². The van der Waals surface area contributed by atoms with Gasteiger partial charge in [-0.15, -0.1) is 0 Å². The van der Waals surface area contributed by atoms with Crippen LogP contribution in [0.4, 0.5) is 0 Å². The number of thiocarbonyl (C=S) groups is 1. The van der Waals surface area contributed by atoms with E-state index in [-0.39, 0.29) is 5.91 Å². The molecule has 5 rings (SSSR count). The Morgan fingerprint density at radius 2 is 1.24 bits per heavy atom. The van der Waals surface area contributed by atoms with Crippen molar-refractivity contribution < 1.29 is 14.3 Å². The standard InChI is InChI=1S/C31H25NO3S2/c33-30-29(37-31(36)32(30)20-23-10-4-1-5-11-23)19-26-16-17-27(34-21-24-12-6-2-7-13-24)28(18-26)35-22-25-14-8-3-9-15-25/h1-19H,20-22H2/b29-19+. The molecule has 1 aliphatic rings. The Balaban J connectivity index is 1.36. The van der Waals surface area contributed by atoms with Crippen LogP contribution < -0.4 is 9.47 Å². The van der Waals surface area contributed by atoms with Crippen molar-refractivity contribution in [1.82, 2.24) is 4.90 Å². The Bertz CT molecular complexity index is 1410. The summed E-state index contributed by atoms with van der Waals surface area (Å²) in [6.07, 6.45) is 1.86. The first-order chi connectivity index (χ1) is 18.2. The lowest BCUT2D eigenvalue weighted by atomic mass is 10.1.